The molecule has 0 aliphatic heterocycles. The number of anilines is 1. The van der Waals surface area contributed by atoms with Crippen molar-refractivity contribution in [2.45, 2.75) is 6.18 Å². The van der Waals surface area contributed by atoms with Gasteiger partial charge in [-0.2, -0.15) is 13.2 Å². The highest BCUT2D eigenvalue weighted by Gasteiger charge is 2.40. The molecule has 0 spiro atoms. The maximum absolute atomic E-state index is 12.4. The number of nitro groups is 1. The highest BCUT2D eigenvalue weighted by atomic mass is 79.9. The van der Waals surface area contributed by atoms with Crippen LogP contribution in [0.1, 0.15) is 5.56 Å². The number of nitro benzene ring substituents is 1. The van der Waals surface area contributed by atoms with Crippen LogP contribution in [0.25, 0.3) is 0 Å². The summed E-state index contributed by atoms with van der Waals surface area (Å²) in [5.74, 6) is 0. The van der Waals surface area contributed by atoms with Gasteiger partial charge in [0.1, 0.15) is 5.56 Å². The molecule has 0 fully saturated rings. The molecule has 1 aromatic rings. The Hall–Kier alpha value is -1.31. The van der Waals surface area contributed by atoms with Crippen molar-refractivity contribution in [3.8, 4) is 0 Å². The molecule has 0 atom stereocenters. The number of halogens is 4. The number of rotatable bonds is 1. The topological polar surface area (TPSA) is 69.2 Å². The maximum Gasteiger partial charge on any atom is 0.424 e. The third kappa shape index (κ3) is 2.38. The Morgan fingerprint density at radius 2 is 1.93 bits per heavy atom. The van der Waals surface area contributed by atoms with Gasteiger partial charge >= 0.3 is 6.18 Å². The number of hydrogen-bond acceptors (Lipinski definition) is 3. The summed E-state index contributed by atoms with van der Waals surface area (Å²) < 4.78 is 36.8. The first kappa shape index (κ1) is 11.8. The van der Waals surface area contributed by atoms with Crippen molar-refractivity contribution in [2.75, 3.05) is 5.73 Å². The van der Waals surface area contributed by atoms with E-state index in [9.17, 15) is 23.3 Å². The van der Waals surface area contributed by atoms with Crippen molar-refractivity contribution in [1.82, 2.24) is 0 Å². The van der Waals surface area contributed by atoms with E-state index in [-0.39, 0.29) is 5.69 Å². The summed E-state index contributed by atoms with van der Waals surface area (Å²) in [5, 5.41) is 10.4. The maximum atomic E-state index is 12.4. The van der Waals surface area contributed by atoms with E-state index in [2.05, 4.69) is 15.9 Å². The molecule has 0 aromatic heterocycles. The summed E-state index contributed by atoms with van der Waals surface area (Å²) >= 11 is 2.60. The van der Waals surface area contributed by atoms with E-state index in [1.165, 1.54) is 0 Å². The SMILES string of the molecule is Nc1cc(Br)c(C(F)(F)F)c([N+](=O)[O-])c1. The van der Waals surface area contributed by atoms with Gasteiger partial charge in [-0.15, -0.1) is 0 Å². The summed E-state index contributed by atoms with van der Waals surface area (Å²) in [5.41, 5.74) is 2.71. The van der Waals surface area contributed by atoms with Crippen molar-refractivity contribution in [2.24, 2.45) is 0 Å². The zero-order chi connectivity index (χ0) is 11.8. The van der Waals surface area contributed by atoms with Gasteiger partial charge in [-0.1, -0.05) is 0 Å². The molecule has 1 rings (SSSR count). The minimum absolute atomic E-state index is 0.110. The largest absolute Gasteiger partial charge is 0.424 e. The van der Waals surface area contributed by atoms with E-state index in [1.807, 2.05) is 0 Å². The van der Waals surface area contributed by atoms with Crippen LogP contribution >= 0.6 is 15.9 Å². The van der Waals surface area contributed by atoms with Crippen LogP contribution in [0.5, 0.6) is 0 Å². The molecule has 15 heavy (non-hydrogen) atoms. The number of alkyl halides is 3. The van der Waals surface area contributed by atoms with Crippen molar-refractivity contribution < 1.29 is 18.1 Å². The number of nitrogens with zero attached hydrogens (tertiary/aromatic N) is 1. The second-order valence-corrected chi connectivity index (χ2v) is 3.51. The summed E-state index contributed by atoms with van der Waals surface area (Å²) in [6, 6.07) is 1.64. The molecule has 0 aliphatic rings. The highest BCUT2D eigenvalue weighted by molar-refractivity contribution is 9.10. The van der Waals surface area contributed by atoms with Crippen LogP contribution in [0, 0.1) is 10.1 Å². The molecule has 0 aliphatic carbocycles. The molecule has 0 radical (unpaired) electrons. The van der Waals surface area contributed by atoms with Crippen LogP contribution in [0.15, 0.2) is 16.6 Å². The Labute approximate surface area is 90.2 Å². The van der Waals surface area contributed by atoms with Crippen LogP contribution in [0.4, 0.5) is 24.5 Å². The average molecular weight is 285 g/mol. The van der Waals surface area contributed by atoms with E-state index in [0.29, 0.717) is 6.07 Å². The van der Waals surface area contributed by atoms with Gasteiger partial charge < -0.3 is 5.73 Å². The zero-order valence-corrected chi connectivity index (χ0v) is 8.59. The van der Waals surface area contributed by atoms with Gasteiger partial charge in [0.05, 0.1) is 4.92 Å². The molecular weight excluding hydrogens is 281 g/mol. The van der Waals surface area contributed by atoms with Gasteiger partial charge in [0.25, 0.3) is 5.69 Å². The van der Waals surface area contributed by atoms with Crippen molar-refractivity contribution >= 4 is 27.3 Å². The van der Waals surface area contributed by atoms with Crippen LogP contribution in [-0.2, 0) is 6.18 Å². The van der Waals surface area contributed by atoms with Gasteiger partial charge in [-0.25, -0.2) is 0 Å². The predicted octanol–water partition coefficient (Wildman–Crippen LogP) is 2.96. The zero-order valence-electron chi connectivity index (χ0n) is 7.01. The third-order valence-electron chi connectivity index (χ3n) is 1.57. The fourth-order valence-corrected chi connectivity index (χ4v) is 1.73. The molecule has 8 heteroatoms. The third-order valence-corrected chi connectivity index (χ3v) is 2.20. The fraction of sp³-hybridized carbons (Fsp3) is 0.143. The Morgan fingerprint density at radius 1 is 1.40 bits per heavy atom. The molecule has 0 saturated heterocycles. The molecule has 0 saturated carbocycles. The molecule has 82 valence electrons. The van der Waals surface area contributed by atoms with E-state index in [0.717, 1.165) is 6.07 Å². The van der Waals surface area contributed by atoms with E-state index in [1.54, 1.807) is 0 Å². The van der Waals surface area contributed by atoms with Crippen LogP contribution < -0.4 is 5.73 Å². The lowest BCUT2D eigenvalue weighted by Crippen LogP contribution is -2.10. The molecule has 0 bridgehead atoms. The Bertz CT molecular complexity index is 419. The lowest BCUT2D eigenvalue weighted by Gasteiger charge is -2.09. The minimum atomic E-state index is -4.80. The van der Waals surface area contributed by atoms with Gasteiger partial charge in [0.2, 0.25) is 0 Å². The Kier molecular flexibility index (Phi) is 2.89. The number of nitrogens with two attached hydrogens (primary N) is 1. The number of benzene rings is 1. The minimum Gasteiger partial charge on any atom is -0.398 e. The first-order valence-electron chi connectivity index (χ1n) is 3.54. The molecule has 0 amide bonds. The highest BCUT2D eigenvalue weighted by Crippen LogP contribution is 2.41. The van der Waals surface area contributed by atoms with Gasteiger partial charge in [0, 0.05) is 16.2 Å². The van der Waals surface area contributed by atoms with Gasteiger partial charge in [-0.3, -0.25) is 10.1 Å². The summed E-state index contributed by atoms with van der Waals surface area (Å²) in [6.07, 6.45) is -4.80. The monoisotopic (exact) mass is 284 g/mol. The summed E-state index contributed by atoms with van der Waals surface area (Å²) in [7, 11) is 0. The quantitative estimate of drug-likeness (QED) is 0.490. The van der Waals surface area contributed by atoms with E-state index in [4.69, 9.17) is 5.73 Å². The standard InChI is InChI=1S/C7H4BrF3N2O2/c8-4-1-3(12)2-5(13(14)15)6(4)7(9,10)11/h1-2H,12H2. The second-order valence-electron chi connectivity index (χ2n) is 2.65. The average Bonchev–Trinajstić information content (AvgIpc) is 1.99. The van der Waals surface area contributed by atoms with E-state index >= 15 is 0 Å². The van der Waals surface area contributed by atoms with Crippen LogP contribution in [-0.4, -0.2) is 4.92 Å². The van der Waals surface area contributed by atoms with E-state index < -0.39 is 26.8 Å². The first-order valence-corrected chi connectivity index (χ1v) is 4.33. The molecule has 1 aromatic carbocycles. The van der Waals surface area contributed by atoms with Crippen molar-refractivity contribution in [3.63, 3.8) is 0 Å². The molecule has 0 unspecified atom stereocenters. The smallest absolute Gasteiger partial charge is 0.398 e. The lowest BCUT2D eigenvalue weighted by atomic mass is 10.1. The van der Waals surface area contributed by atoms with Gasteiger partial charge in [0.15, 0.2) is 0 Å². The fourth-order valence-electron chi connectivity index (χ4n) is 1.04. The number of hydrogen-bond donors (Lipinski definition) is 1. The molecule has 2 N–H and O–H groups in total. The molecule has 4 nitrogen and oxygen atoms in total. The molecular formula is C7H4BrF3N2O2. The Morgan fingerprint density at radius 3 is 2.33 bits per heavy atom. The van der Waals surface area contributed by atoms with Crippen LogP contribution in [0.2, 0.25) is 0 Å². The normalized spacial score (nSPS) is 11.5. The van der Waals surface area contributed by atoms with Crippen LogP contribution in [0.3, 0.4) is 0 Å². The first-order chi connectivity index (χ1) is 6.73. The summed E-state index contributed by atoms with van der Waals surface area (Å²) in [4.78, 5) is 9.28. The van der Waals surface area contributed by atoms with Gasteiger partial charge in [-0.05, 0) is 22.0 Å². The summed E-state index contributed by atoms with van der Waals surface area (Å²) in [6.45, 7) is 0. The Balaban J connectivity index is 3.55. The number of nitrogen functional groups attached to an aromatic ring is 1. The second kappa shape index (κ2) is 3.69. The predicted molar refractivity (Wildman–Crippen MR) is 50.2 cm³/mol. The van der Waals surface area contributed by atoms with Crippen molar-refractivity contribution in [3.05, 3.63) is 32.3 Å². The van der Waals surface area contributed by atoms with Crippen molar-refractivity contribution in [1.29, 1.82) is 0 Å². The lowest BCUT2D eigenvalue weighted by molar-refractivity contribution is -0.388. The molecule has 0 heterocycles.